The molecule has 1 aromatic carbocycles. The monoisotopic (exact) mass is 310 g/mol. The van der Waals surface area contributed by atoms with E-state index in [1.807, 2.05) is 54.0 Å². The van der Waals surface area contributed by atoms with Crippen LogP contribution in [0.5, 0.6) is 0 Å². The Bertz CT molecular complexity index is 774. The van der Waals surface area contributed by atoms with Crippen molar-refractivity contribution in [3.05, 3.63) is 54.5 Å². The molecule has 3 rings (SSSR count). The van der Waals surface area contributed by atoms with Gasteiger partial charge in [-0.1, -0.05) is 42.1 Å². The summed E-state index contributed by atoms with van der Waals surface area (Å²) in [5, 5.41) is 18.1. The number of nitriles is 1. The van der Waals surface area contributed by atoms with Gasteiger partial charge in [0, 0.05) is 5.56 Å². The predicted octanol–water partition coefficient (Wildman–Crippen LogP) is 3.59. The standard InChI is InChI=1S/C16H14N4OS/c1-12(10-17)22-16-19-18-15(13-6-3-2-4-7-13)20(16)11-14-8-5-9-21-14/h2-9,12H,11H2,1H3/t12-/m0/s1. The van der Waals surface area contributed by atoms with Gasteiger partial charge in [-0.15, -0.1) is 10.2 Å². The lowest BCUT2D eigenvalue weighted by Crippen LogP contribution is -2.05. The van der Waals surface area contributed by atoms with Crippen LogP contribution in [0.1, 0.15) is 12.7 Å². The summed E-state index contributed by atoms with van der Waals surface area (Å²) in [6.45, 7) is 2.38. The number of thioether (sulfide) groups is 1. The first kappa shape index (κ1) is 14.4. The Kier molecular flexibility index (Phi) is 4.26. The zero-order valence-electron chi connectivity index (χ0n) is 12.0. The molecule has 22 heavy (non-hydrogen) atoms. The third-order valence-electron chi connectivity index (χ3n) is 3.11. The summed E-state index contributed by atoms with van der Waals surface area (Å²) in [4.78, 5) is 0. The lowest BCUT2D eigenvalue weighted by molar-refractivity contribution is 0.485. The molecule has 0 aliphatic rings. The number of furan rings is 1. The third kappa shape index (κ3) is 3.05. The molecule has 0 aliphatic carbocycles. The minimum atomic E-state index is -0.192. The maximum atomic E-state index is 9.02. The summed E-state index contributed by atoms with van der Waals surface area (Å²) in [5.74, 6) is 1.59. The number of rotatable bonds is 5. The van der Waals surface area contributed by atoms with Gasteiger partial charge in [0.05, 0.1) is 24.1 Å². The molecule has 0 amide bonds. The van der Waals surface area contributed by atoms with Gasteiger partial charge in [0.1, 0.15) is 5.76 Å². The highest BCUT2D eigenvalue weighted by atomic mass is 32.2. The quantitative estimate of drug-likeness (QED) is 0.674. The summed E-state index contributed by atoms with van der Waals surface area (Å²) in [7, 11) is 0. The first-order valence-corrected chi connectivity index (χ1v) is 7.73. The van der Waals surface area contributed by atoms with Gasteiger partial charge in [0.2, 0.25) is 0 Å². The van der Waals surface area contributed by atoms with E-state index in [2.05, 4.69) is 16.3 Å². The van der Waals surface area contributed by atoms with Crippen molar-refractivity contribution in [3.8, 4) is 17.5 Å². The van der Waals surface area contributed by atoms with Crippen LogP contribution in [0.25, 0.3) is 11.4 Å². The van der Waals surface area contributed by atoms with Gasteiger partial charge in [0.15, 0.2) is 11.0 Å². The highest BCUT2D eigenvalue weighted by Crippen LogP contribution is 2.27. The largest absolute Gasteiger partial charge is 0.467 e. The molecular formula is C16H14N4OS. The van der Waals surface area contributed by atoms with Gasteiger partial charge in [-0.05, 0) is 19.1 Å². The van der Waals surface area contributed by atoms with Crippen LogP contribution < -0.4 is 0 Å². The average Bonchev–Trinajstić information content (AvgIpc) is 3.19. The van der Waals surface area contributed by atoms with E-state index in [0.29, 0.717) is 11.7 Å². The van der Waals surface area contributed by atoms with Crippen LogP contribution >= 0.6 is 11.8 Å². The van der Waals surface area contributed by atoms with Gasteiger partial charge < -0.3 is 4.42 Å². The van der Waals surface area contributed by atoms with Crippen molar-refractivity contribution in [3.63, 3.8) is 0 Å². The highest BCUT2D eigenvalue weighted by Gasteiger charge is 2.17. The summed E-state index contributed by atoms with van der Waals surface area (Å²) < 4.78 is 7.41. The molecule has 0 aliphatic heterocycles. The Labute approximate surface area is 132 Å². The van der Waals surface area contributed by atoms with Crippen LogP contribution in [0.2, 0.25) is 0 Å². The van der Waals surface area contributed by atoms with E-state index in [-0.39, 0.29) is 5.25 Å². The number of benzene rings is 1. The minimum absolute atomic E-state index is 0.192. The molecule has 110 valence electrons. The predicted molar refractivity (Wildman–Crippen MR) is 84.2 cm³/mol. The first-order valence-electron chi connectivity index (χ1n) is 6.85. The lowest BCUT2D eigenvalue weighted by Gasteiger charge is -2.09. The summed E-state index contributed by atoms with van der Waals surface area (Å²) >= 11 is 1.39. The molecule has 0 N–H and O–H groups in total. The molecule has 0 unspecified atom stereocenters. The van der Waals surface area contributed by atoms with Crippen molar-refractivity contribution in [2.45, 2.75) is 23.9 Å². The number of aromatic nitrogens is 3. The Morgan fingerprint density at radius 2 is 2.05 bits per heavy atom. The Balaban J connectivity index is 2.01. The fourth-order valence-electron chi connectivity index (χ4n) is 2.06. The molecule has 5 nitrogen and oxygen atoms in total. The van der Waals surface area contributed by atoms with Crippen LogP contribution in [0.3, 0.4) is 0 Å². The molecule has 6 heteroatoms. The number of hydrogen-bond donors (Lipinski definition) is 0. The third-order valence-corrected chi connectivity index (χ3v) is 4.08. The number of nitrogens with zero attached hydrogens (tertiary/aromatic N) is 4. The van der Waals surface area contributed by atoms with Crippen molar-refractivity contribution in [1.29, 1.82) is 5.26 Å². The summed E-state index contributed by atoms with van der Waals surface area (Å²) in [6, 6.07) is 15.8. The van der Waals surface area contributed by atoms with Crippen LogP contribution in [0.4, 0.5) is 0 Å². The van der Waals surface area contributed by atoms with Gasteiger partial charge in [-0.2, -0.15) is 5.26 Å². The van der Waals surface area contributed by atoms with Crippen LogP contribution in [0.15, 0.2) is 58.3 Å². The second-order valence-electron chi connectivity index (χ2n) is 4.73. The second kappa shape index (κ2) is 6.50. The minimum Gasteiger partial charge on any atom is -0.467 e. The van der Waals surface area contributed by atoms with E-state index in [0.717, 1.165) is 17.1 Å². The van der Waals surface area contributed by atoms with Crippen molar-refractivity contribution < 1.29 is 4.42 Å². The zero-order chi connectivity index (χ0) is 15.4. The maximum absolute atomic E-state index is 9.02. The molecule has 3 aromatic rings. The van der Waals surface area contributed by atoms with Gasteiger partial charge in [-0.3, -0.25) is 4.57 Å². The Hall–Kier alpha value is -2.52. The fourth-order valence-corrected chi connectivity index (χ4v) is 2.80. The van der Waals surface area contributed by atoms with Crippen LogP contribution in [-0.2, 0) is 6.54 Å². The Morgan fingerprint density at radius 1 is 1.23 bits per heavy atom. The highest BCUT2D eigenvalue weighted by molar-refractivity contribution is 8.00. The van der Waals surface area contributed by atoms with Gasteiger partial charge in [0.25, 0.3) is 0 Å². The fraction of sp³-hybridized carbons (Fsp3) is 0.188. The van der Waals surface area contributed by atoms with E-state index in [1.54, 1.807) is 6.26 Å². The molecule has 0 bridgehead atoms. The topological polar surface area (TPSA) is 67.6 Å². The molecule has 0 saturated carbocycles. The first-order chi connectivity index (χ1) is 10.8. The molecule has 2 aromatic heterocycles. The van der Waals surface area contributed by atoms with Crippen molar-refractivity contribution in [2.24, 2.45) is 0 Å². The summed E-state index contributed by atoms with van der Waals surface area (Å²) in [5.41, 5.74) is 0.984. The maximum Gasteiger partial charge on any atom is 0.193 e. The SMILES string of the molecule is C[C@@H](C#N)Sc1nnc(-c2ccccc2)n1Cc1ccco1. The molecule has 1 atom stereocenters. The van der Waals surface area contributed by atoms with E-state index >= 15 is 0 Å². The van der Waals surface area contributed by atoms with Crippen molar-refractivity contribution in [1.82, 2.24) is 14.8 Å². The van der Waals surface area contributed by atoms with Gasteiger partial charge in [-0.25, -0.2) is 0 Å². The normalized spacial score (nSPS) is 12.0. The molecule has 2 heterocycles. The second-order valence-corrected chi connectivity index (χ2v) is 6.03. The number of hydrogen-bond acceptors (Lipinski definition) is 5. The van der Waals surface area contributed by atoms with E-state index in [4.69, 9.17) is 9.68 Å². The van der Waals surface area contributed by atoms with Crippen LogP contribution in [-0.4, -0.2) is 20.0 Å². The van der Waals surface area contributed by atoms with Crippen molar-refractivity contribution in [2.75, 3.05) is 0 Å². The summed E-state index contributed by atoms with van der Waals surface area (Å²) in [6.07, 6.45) is 1.65. The van der Waals surface area contributed by atoms with Gasteiger partial charge >= 0.3 is 0 Å². The molecule has 0 saturated heterocycles. The smallest absolute Gasteiger partial charge is 0.193 e. The molecular weight excluding hydrogens is 296 g/mol. The van der Waals surface area contributed by atoms with Crippen molar-refractivity contribution >= 4 is 11.8 Å². The lowest BCUT2D eigenvalue weighted by atomic mass is 10.2. The molecule has 0 spiro atoms. The molecule has 0 radical (unpaired) electrons. The van der Waals surface area contributed by atoms with E-state index in [1.165, 1.54) is 11.8 Å². The average molecular weight is 310 g/mol. The van der Waals surface area contributed by atoms with Crippen LogP contribution in [0, 0.1) is 11.3 Å². The molecule has 0 fully saturated rings. The zero-order valence-corrected chi connectivity index (χ0v) is 12.8. The van der Waals surface area contributed by atoms with E-state index < -0.39 is 0 Å². The van der Waals surface area contributed by atoms with E-state index in [9.17, 15) is 0 Å². The Morgan fingerprint density at radius 3 is 2.73 bits per heavy atom.